The van der Waals surface area contributed by atoms with E-state index in [-0.39, 0.29) is 38.0 Å². The third-order valence-corrected chi connectivity index (χ3v) is 10.2. The highest BCUT2D eigenvalue weighted by molar-refractivity contribution is 7.90. The molecular formula is C32H24ClF6N5O7S2. The Balaban J connectivity index is 1.48. The second-order valence-electron chi connectivity index (χ2n) is 11.2. The van der Waals surface area contributed by atoms with Gasteiger partial charge in [0.2, 0.25) is 10.0 Å². The molecule has 4 N–H and O–H groups in total. The Morgan fingerprint density at radius 1 is 0.887 bits per heavy atom. The summed E-state index contributed by atoms with van der Waals surface area (Å²) in [4.78, 5) is 29.9. The number of benzene rings is 4. The molecule has 0 aliphatic carbocycles. The van der Waals surface area contributed by atoms with Crippen LogP contribution >= 0.6 is 11.6 Å². The Kier molecular flexibility index (Phi) is 10.9. The number of esters is 2. The van der Waals surface area contributed by atoms with Crippen LogP contribution in [0.1, 0.15) is 23.0 Å². The molecule has 0 aliphatic rings. The molecule has 12 nitrogen and oxygen atoms in total. The van der Waals surface area contributed by atoms with Crippen LogP contribution in [0.15, 0.2) is 95.9 Å². The topological polar surface area (TPSA) is 182 Å². The van der Waals surface area contributed by atoms with Gasteiger partial charge in [0.15, 0.2) is 0 Å². The van der Waals surface area contributed by atoms with Gasteiger partial charge in [-0.05, 0) is 65.6 Å². The largest absolute Gasteiger partial charge is 0.491 e. The standard InChI is InChI=1S/C32H24ClF6N5O7S2/c33-23-14-18(6-13-27(23)44(53(40,49)50)17-28(45)51-30(46)32(37,38)39)15-26(29-41-24-12-9-21(31(34,35)36)16-25(24)42-29)43-52(47,48)22-10-7-20(8-11-22)19-4-2-1-3-5-19/h1-14,16,26,43H,15,17H2,(H,41,42)(H2,40,49,50). The minimum atomic E-state index is -5.56. The van der Waals surface area contributed by atoms with Gasteiger partial charge in [0.25, 0.3) is 10.2 Å². The Morgan fingerprint density at radius 2 is 1.53 bits per heavy atom. The smallest absolute Gasteiger partial charge is 0.385 e. The van der Waals surface area contributed by atoms with Gasteiger partial charge < -0.3 is 9.72 Å². The number of nitrogens with two attached hydrogens (primary N) is 1. The number of sulfonamides is 1. The summed E-state index contributed by atoms with van der Waals surface area (Å²) in [7, 11) is -9.29. The number of imidazole rings is 1. The second kappa shape index (κ2) is 14.8. The molecule has 0 amide bonds. The zero-order chi connectivity index (χ0) is 38.9. The van der Waals surface area contributed by atoms with Crippen LogP contribution in [-0.4, -0.2) is 51.5 Å². The number of halogens is 7. The summed E-state index contributed by atoms with van der Waals surface area (Å²) in [6.07, 6.45) is -10.6. The number of aromatic amines is 1. The fourth-order valence-corrected chi connectivity index (χ4v) is 7.29. The van der Waals surface area contributed by atoms with Crippen LogP contribution < -0.4 is 14.2 Å². The van der Waals surface area contributed by atoms with E-state index < -0.39 is 73.4 Å². The van der Waals surface area contributed by atoms with Crippen molar-refractivity contribution in [3.63, 3.8) is 0 Å². The number of hydrogen-bond acceptors (Lipinski definition) is 8. The van der Waals surface area contributed by atoms with Crippen LogP contribution in [0.3, 0.4) is 0 Å². The van der Waals surface area contributed by atoms with Crippen LogP contribution in [0.5, 0.6) is 0 Å². The van der Waals surface area contributed by atoms with Gasteiger partial charge in [0, 0.05) is 0 Å². The number of nitrogens with zero attached hydrogens (tertiary/aromatic N) is 2. The molecule has 0 fully saturated rings. The van der Waals surface area contributed by atoms with E-state index in [1.807, 2.05) is 18.2 Å². The highest BCUT2D eigenvalue weighted by atomic mass is 35.5. The predicted octanol–water partition coefficient (Wildman–Crippen LogP) is 5.81. The van der Waals surface area contributed by atoms with Gasteiger partial charge in [-0.3, -0.25) is 0 Å². The fourth-order valence-electron chi connectivity index (χ4n) is 5.02. The van der Waals surface area contributed by atoms with Crippen LogP contribution in [0, 0.1) is 0 Å². The molecule has 5 aromatic rings. The van der Waals surface area contributed by atoms with Gasteiger partial charge in [-0.15, -0.1) is 0 Å². The first kappa shape index (κ1) is 39.2. The van der Waals surface area contributed by atoms with Crippen molar-refractivity contribution in [2.75, 3.05) is 10.8 Å². The summed E-state index contributed by atoms with van der Waals surface area (Å²) in [6, 6.07) is 19.6. The second-order valence-corrected chi connectivity index (χ2v) is 14.8. The van der Waals surface area contributed by atoms with Gasteiger partial charge in [0.05, 0.1) is 38.2 Å². The average Bonchev–Trinajstić information content (AvgIpc) is 3.50. The normalized spacial score (nSPS) is 13.1. The highest BCUT2D eigenvalue weighted by Crippen LogP contribution is 2.33. The summed E-state index contributed by atoms with van der Waals surface area (Å²) in [5, 5.41) is 4.69. The molecule has 280 valence electrons. The Bertz CT molecular complexity index is 2390. The van der Waals surface area contributed by atoms with Crippen molar-refractivity contribution in [1.29, 1.82) is 0 Å². The number of fused-ring (bicyclic) bond motifs is 1. The van der Waals surface area contributed by atoms with E-state index in [9.17, 15) is 52.8 Å². The zero-order valence-electron chi connectivity index (χ0n) is 26.4. The lowest BCUT2D eigenvalue weighted by Crippen LogP contribution is -2.42. The molecule has 1 aromatic heterocycles. The first-order valence-electron chi connectivity index (χ1n) is 14.8. The number of alkyl halides is 6. The van der Waals surface area contributed by atoms with Gasteiger partial charge in [0.1, 0.15) is 12.4 Å². The fraction of sp³-hybridized carbons (Fsp3) is 0.156. The lowest BCUT2D eigenvalue weighted by atomic mass is 10.1. The Hall–Kier alpha value is -5.02. The SMILES string of the molecule is NS(=O)(=O)N(CC(=O)OC(=O)C(F)(F)F)c1ccc(CC(NS(=O)(=O)c2ccc(-c3ccccc3)cc2)c2nc3ccc(C(F)(F)F)cc3[nH]2)cc1Cl. The third kappa shape index (κ3) is 9.51. The van der Waals surface area contributed by atoms with E-state index >= 15 is 0 Å². The zero-order valence-corrected chi connectivity index (χ0v) is 28.8. The lowest BCUT2D eigenvalue weighted by Gasteiger charge is -2.23. The highest BCUT2D eigenvalue weighted by Gasteiger charge is 2.43. The van der Waals surface area contributed by atoms with Gasteiger partial charge in [-0.1, -0.05) is 60.1 Å². The lowest BCUT2D eigenvalue weighted by molar-refractivity contribution is -0.201. The number of hydrogen-bond donors (Lipinski definition) is 3. The third-order valence-electron chi connectivity index (χ3n) is 7.47. The molecule has 0 spiro atoms. The number of H-pyrrole nitrogens is 1. The van der Waals surface area contributed by atoms with Crippen molar-refractivity contribution >= 4 is 60.5 Å². The molecule has 5 rings (SSSR count). The number of rotatable bonds is 11. The number of nitrogens with one attached hydrogen (secondary N) is 2. The number of anilines is 1. The minimum Gasteiger partial charge on any atom is -0.385 e. The first-order valence-corrected chi connectivity index (χ1v) is 18.1. The average molecular weight is 804 g/mol. The molecule has 1 atom stereocenters. The molecule has 21 heteroatoms. The van der Waals surface area contributed by atoms with Crippen molar-refractivity contribution in [1.82, 2.24) is 14.7 Å². The van der Waals surface area contributed by atoms with E-state index in [4.69, 9.17) is 16.7 Å². The molecular weight excluding hydrogens is 780 g/mol. The molecule has 1 unspecified atom stereocenters. The number of carbonyl (C=O) groups excluding carboxylic acids is 2. The molecule has 0 bridgehead atoms. The molecule has 0 radical (unpaired) electrons. The maximum absolute atomic E-state index is 13.7. The summed E-state index contributed by atoms with van der Waals surface area (Å²) in [5.74, 6) is -4.96. The van der Waals surface area contributed by atoms with Crippen LogP contribution in [0.25, 0.3) is 22.2 Å². The van der Waals surface area contributed by atoms with Gasteiger partial charge >= 0.3 is 24.3 Å². The summed E-state index contributed by atoms with van der Waals surface area (Å²) in [5.41, 5.74) is 0.166. The summed E-state index contributed by atoms with van der Waals surface area (Å²) < 4.78 is 136. The Labute approximate surface area is 301 Å². The van der Waals surface area contributed by atoms with Crippen molar-refractivity contribution < 1.29 is 57.5 Å². The molecule has 53 heavy (non-hydrogen) atoms. The quantitative estimate of drug-likeness (QED) is 0.0850. The van der Waals surface area contributed by atoms with E-state index in [1.54, 1.807) is 24.3 Å². The maximum Gasteiger partial charge on any atom is 0.491 e. The number of aromatic nitrogens is 2. The monoisotopic (exact) mass is 803 g/mol. The predicted molar refractivity (Wildman–Crippen MR) is 179 cm³/mol. The van der Waals surface area contributed by atoms with Crippen LogP contribution in [0.2, 0.25) is 5.02 Å². The van der Waals surface area contributed by atoms with Crippen LogP contribution in [0.4, 0.5) is 32.0 Å². The molecule has 1 heterocycles. The van der Waals surface area contributed by atoms with Gasteiger partial charge in [-0.2, -0.15) is 34.8 Å². The molecule has 0 saturated heterocycles. The molecule has 4 aromatic carbocycles. The van der Waals surface area contributed by atoms with E-state index in [1.165, 1.54) is 18.2 Å². The van der Waals surface area contributed by atoms with Crippen molar-refractivity contribution in [3.05, 3.63) is 113 Å². The summed E-state index contributed by atoms with van der Waals surface area (Å²) in [6.45, 7) is -1.50. The minimum absolute atomic E-state index is 0.0671. The Morgan fingerprint density at radius 3 is 2.11 bits per heavy atom. The van der Waals surface area contributed by atoms with E-state index in [2.05, 4.69) is 19.4 Å². The number of ether oxygens (including phenoxy) is 1. The first-order chi connectivity index (χ1) is 24.6. The van der Waals surface area contributed by atoms with Crippen molar-refractivity contribution in [3.8, 4) is 11.1 Å². The van der Waals surface area contributed by atoms with Crippen molar-refractivity contribution in [2.24, 2.45) is 5.14 Å². The van der Waals surface area contributed by atoms with E-state index in [0.29, 0.717) is 5.56 Å². The maximum atomic E-state index is 13.7. The molecule has 0 aliphatic heterocycles. The summed E-state index contributed by atoms with van der Waals surface area (Å²) >= 11 is 6.31. The number of carbonyl (C=O) groups is 2. The van der Waals surface area contributed by atoms with Crippen LogP contribution in [-0.2, 0) is 47.2 Å². The van der Waals surface area contributed by atoms with Gasteiger partial charge in [-0.25, -0.2) is 37.2 Å². The molecule has 0 saturated carbocycles. The van der Waals surface area contributed by atoms with E-state index in [0.717, 1.165) is 35.9 Å². The van der Waals surface area contributed by atoms with Crippen molar-refractivity contribution in [2.45, 2.75) is 29.7 Å².